The van der Waals surface area contributed by atoms with E-state index in [0.29, 0.717) is 15.9 Å². The lowest BCUT2D eigenvalue weighted by atomic mass is 10.2. The van der Waals surface area contributed by atoms with Gasteiger partial charge in [-0.25, -0.2) is 4.39 Å². The van der Waals surface area contributed by atoms with Crippen molar-refractivity contribution in [3.05, 3.63) is 56.0 Å². The van der Waals surface area contributed by atoms with Gasteiger partial charge in [-0.3, -0.25) is 10.1 Å². The molecule has 5 nitrogen and oxygen atoms in total. The smallest absolute Gasteiger partial charge is 0.404 e. The van der Waals surface area contributed by atoms with Gasteiger partial charge in [0.2, 0.25) is 0 Å². The van der Waals surface area contributed by atoms with E-state index in [4.69, 9.17) is 4.42 Å². The van der Waals surface area contributed by atoms with Gasteiger partial charge in [-0.2, -0.15) is 0 Å². The van der Waals surface area contributed by atoms with Crippen LogP contribution in [0, 0.1) is 22.9 Å². The molecule has 2 aromatic rings. The molecule has 19 heavy (non-hydrogen) atoms. The molecule has 0 saturated carbocycles. The molecule has 0 spiro atoms. The predicted molar refractivity (Wildman–Crippen MR) is 71.5 cm³/mol. The number of aryl methyl sites for hydroxylation is 1. The topological polar surface area (TPSA) is 68.3 Å². The van der Waals surface area contributed by atoms with Crippen LogP contribution in [-0.2, 0) is 6.54 Å². The summed E-state index contributed by atoms with van der Waals surface area (Å²) in [7, 11) is 0. The first-order valence-electron chi connectivity index (χ1n) is 5.40. The van der Waals surface area contributed by atoms with Crippen molar-refractivity contribution in [2.75, 3.05) is 5.32 Å². The van der Waals surface area contributed by atoms with Crippen molar-refractivity contribution in [3.8, 4) is 0 Å². The Bertz CT molecular complexity index is 627. The number of nitrogens with zero attached hydrogens (tertiary/aromatic N) is 1. The van der Waals surface area contributed by atoms with E-state index < -0.39 is 4.92 Å². The molecule has 1 N–H and O–H groups in total. The Hall–Kier alpha value is -1.89. The molecular weight excluding hydrogens is 319 g/mol. The summed E-state index contributed by atoms with van der Waals surface area (Å²) in [6.07, 6.45) is 0. The first-order chi connectivity index (χ1) is 8.97. The molecule has 0 aliphatic rings. The van der Waals surface area contributed by atoms with Gasteiger partial charge >= 0.3 is 5.88 Å². The number of furan rings is 1. The fourth-order valence-electron chi connectivity index (χ4n) is 1.58. The first kappa shape index (κ1) is 13.5. The zero-order valence-electron chi connectivity index (χ0n) is 9.94. The number of halogens is 2. The van der Waals surface area contributed by atoms with E-state index in [1.807, 2.05) is 6.92 Å². The summed E-state index contributed by atoms with van der Waals surface area (Å²) < 4.78 is 18.8. The molecule has 0 fully saturated rings. The second kappa shape index (κ2) is 5.40. The maximum atomic E-state index is 13.4. The summed E-state index contributed by atoms with van der Waals surface area (Å²) in [5.41, 5.74) is 1.47. The predicted octanol–water partition coefficient (Wildman–Crippen LogP) is 4.01. The van der Waals surface area contributed by atoms with Crippen LogP contribution in [0.5, 0.6) is 0 Å². The van der Waals surface area contributed by atoms with Crippen molar-refractivity contribution in [1.82, 2.24) is 0 Å². The highest BCUT2D eigenvalue weighted by atomic mass is 79.9. The van der Waals surface area contributed by atoms with Crippen molar-refractivity contribution in [3.63, 3.8) is 0 Å². The van der Waals surface area contributed by atoms with Gasteiger partial charge in [0.1, 0.15) is 16.5 Å². The fourth-order valence-corrected chi connectivity index (χ4v) is 2.04. The zero-order chi connectivity index (χ0) is 14.0. The second-order valence-corrected chi connectivity index (χ2v) is 4.79. The van der Waals surface area contributed by atoms with Crippen LogP contribution in [0.25, 0.3) is 0 Å². The van der Waals surface area contributed by atoms with E-state index in [9.17, 15) is 14.5 Å². The Labute approximate surface area is 116 Å². The summed E-state index contributed by atoms with van der Waals surface area (Å²) in [6.45, 7) is 2.08. The normalized spacial score (nSPS) is 10.5. The highest BCUT2D eigenvalue weighted by Gasteiger charge is 2.12. The number of rotatable bonds is 4. The van der Waals surface area contributed by atoms with Crippen molar-refractivity contribution in [2.24, 2.45) is 0 Å². The molecule has 0 bridgehead atoms. The van der Waals surface area contributed by atoms with Gasteiger partial charge in [0.15, 0.2) is 0 Å². The van der Waals surface area contributed by atoms with Gasteiger partial charge in [-0.05, 0) is 46.6 Å². The van der Waals surface area contributed by atoms with E-state index >= 15 is 0 Å². The number of nitrogens with one attached hydrogen (secondary N) is 1. The molecule has 0 saturated heterocycles. The number of anilines is 1. The lowest BCUT2D eigenvalue weighted by Crippen LogP contribution is -2.01. The molecule has 7 heteroatoms. The summed E-state index contributed by atoms with van der Waals surface area (Å²) in [5, 5.41) is 13.4. The standard InChI is InChI=1S/C12H10BrFN2O3/c1-7-4-9(13)10(14)5-11(7)15-6-8-2-3-12(19-8)16(17)18/h2-5,15H,6H2,1H3. The molecule has 0 aliphatic heterocycles. The van der Waals surface area contributed by atoms with Gasteiger partial charge < -0.3 is 9.73 Å². The van der Waals surface area contributed by atoms with E-state index in [0.717, 1.165) is 5.56 Å². The monoisotopic (exact) mass is 328 g/mol. The maximum absolute atomic E-state index is 13.4. The number of hydrogen-bond donors (Lipinski definition) is 1. The van der Waals surface area contributed by atoms with Gasteiger partial charge in [-0.1, -0.05) is 0 Å². The summed E-state index contributed by atoms with van der Waals surface area (Å²) in [5.74, 6) is -0.275. The summed E-state index contributed by atoms with van der Waals surface area (Å²) in [4.78, 5) is 9.86. The molecule has 1 heterocycles. The average Bonchev–Trinajstić information content (AvgIpc) is 2.81. The minimum Gasteiger partial charge on any atom is -0.404 e. The maximum Gasteiger partial charge on any atom is 0.433 e. The number of benzene rings is 1. The largest absolute Gasteiger partial charge is 0.433 e. The molecule has 0 radical (unpaired) electrons. The average molecular weight is 329 g/mol. The van der Waals surface area contributed by atoms with Crippen LogP contribution < -0.4 is 5.32 Å². The number of hydrogen-bond acceptors (Lipinski definition) is 4. The molecular formula is C12H10BrFN2O3. The van der Waals surface area contributed by atoms with Gasteiger partial charge in [-0.15, -0.1) is 0 Å². The third-order valence-electron chi connectivity index (χ3n) is 2.55. The third kappa shape index (κ3) is 3.11. The zero-order valence-corrected chi connectivity index (χ0v) is 11.5. The molecule has 0 aliphatic carbocycles. The molecule has 0 unspecified atom stereocenters. The van der Waals surface area contributed by atoms with Crippen LogP contribution >= 0.6 is 15.9 Å². The van der Waals surface area contributed by atoms with Crippen LogP contribution in [0.1, 0.15) is 11.3 Å². The Kier molecular flexibility index (Phi) is 3.84. The molecule has 1 aromatic heterocycles. The van der Waals surface area contributed by atoms with Crippen molar-refractivity contribution >= 4 is 27.5 Å². The Morgan fingerprint density at radius 3 is 2.84 bits per heavy atom. The lowest BCUT2D eigenvalue weighted by molar-refractivity contribution is -0.402. The molecule has 0 atom stereocenters. The summed E-state index contributed by atoms with van der Waals surface area (Å²) in [6, 6.07) is 5.81. The quantitative estimate of drug-likeness (QED) is 0.680. The molecule has 1 aromatic carbocycles. The Balaban J connectivity index is 2.09. The molecule has 2 rings (SSSR count). The van der Waals surface area contributed by atoms with Crippen LogP contribution in [0.3, 0.4) is 0 Å². The van der Waals surface area contributed by atoms with Crippen LogP contribution in [0.2, 0.25) is 0 Å². The second-order valence-electron chi connectivity index (χ2n) is 3.93. The van der Waals surface area contributed by atoms with Gasteiger partial charge in [0.05, 0.1) is 17.1 Å². The van der Waals surface area contributed by atoms with E-state index in [1.54, 1.807) is 6.07 Å². The summed E-state index contributed by atoms with van der Waals surface area (Å²) >= 11 is 3.10. The van der Waals surface area contributed by atoms with Crippen molar-refractivity contribution in [2.45, 2.75) is 13.5 Å². The van der Waals surface area contributed by atoms with E-state index in [1.165, 1.54) is 18.2 Å². The fraction of sp³-hybridized carbons (Fsp3) is 0.167. The van der Waals surface area contributed by atoms with Gasteiger partial charge in [0.25, 0.3) is 0 Å². The Morgan fingerprint density at radius 2 is 2.21 bits per heavy atom. The van der Waals surface area contributed by atoms with Crippen molar-refractivity contribution < 1.29 is 13.7 Å². The highest BCUT2D eigenvalue weighted by molar-refractivity contribution is 9.10. The van der Waals surface area contributed by atoms with Crippen molar-refractivity contribution in [1.29, 1.82) is 0 Å². The minimum atomic E-state index is -0.603. The third-order valence-corrected chi connectivity index (χ3v) is 3.16. The van der Waals surface area contributed by atoms with Crippen LogP contribution in [0.4, 0.5) is 16.0 Å². The molecule has 0 amide bonds. The van der Waals surface area contributed by atoms with Crippen LogP contribution in [0.15, 0.2) is 33.2 Å². The van der Waals surface area contributed by atoms with E-state index in [-0.39, 0.29) is 18.2 Å². The van der Waals surface area contributed by atoms with Crippen LogP contribution in [-0.4, -0.2) is 4.92 Å². The Morgan fingerprint density at radius 1 is 1.47 bits per heavy atom. The SMILES string of the molecule is Cc1cc(Br)c(F)cc1NCc1ccc([N+](=O)[O-])o1. The highest BCUT2D eigenvalue weighted by Crippen LogP contribution is 2.25. The molecule has 100 valence electrons. The van der Waals surface area contributed by atoms with E-state index in [2.05, 4.69) is 21.2 Å². The minimum absolute atomic E-state index is 0.246. The number of nitro groups is 1. The first-order valence-corrected chi connectivity index (χ1v) is 6.19. The lowest BCUT2D eigenvalue weighted by Gasteiger charge is -2.09. The van der Waals surface area contributed by atoms with Gasteiger partial charge in [0, 0.05) is 5.69 Å².